The first-order chi connectivity index (χ1) is 19.1. The molecule has 4 atom stereocenters. The number of H-pyrrole nitrogens is 1. The summed E-state index contributed by atoms with van der Waals surface area (Å²) in [5.74, 6) is -3.35. The first-order valence-electron chi connectivity index (χ1n) is 12.7. The van der Waals surface area contributed by atoms with E-state index in [2.05, 4.69) is 20.9 Å². The van der Waals surface area contributed by atoms with Crippen LogP contribution < -0.4 is 21.7 Å². The molecule has 14 heteroatoms. The van der Waals surface area contributed by atoms with Crippen molar-refractivity contribution >= 4 is 64.1 Å². The zero-order chi connectivity index (χ0) is 29.7. The fourth-order valence-corrected chi connectivity index (χ4v) is 4.92. The summed E-state index contributed by atoms with van der Waals surface area (Å²) in [5, 5.41) is 27.2. The van der Waals surface area contributed by atoms with E-state index in [0.717, 1.165) is 10.9 Å². The molecule has 0 saturated carbocycles. The molecule has 12 nitrogen and oxygen atoms in total. The molecule has 0 aliphatic carbocycles. The van der Waals surface area contributed by atoms with Crippen LogP contribution in [0.15, 0.2) is 30.5 Å². The second-order valence-electron chi connectivity index (χ2n) is 9.19. The predicted molar refractivity (Wildman–Crippen MR) is 156 cm³/mol. The molecule has 3 amide bonds. The number of hydrogen-bond acceptors (Lipinski definition) is 8. The van der Waals surface area contributed by atoms with Crippen LogP contribution in [0.4, 0.5) is 0 Å². The van der Waals surface area contributed by atoms with Gasteiger partial charge in [-0.15, -0.1) is 0 Å². The van der Waals surface area contributed by atoms with E-state index in [1.165, 1.54) is 23.5 Å². The van der Waals surface area contributed by atoms with E-state index in [0.29, 0.717) is 23.5 Å². The van der Waals surface area contributed by atoms with Crippen LogP contribution in [0.5, 0.6) is 0 Å². The van der Waals surface area contributed by atoms with Gasteiger partial charge in [-0.1, -0.05) is 18.2 Å². The monoisotopic (exact) mass is 595 g/mol. The second kappa shape index (κ2) is 16.8. The molecule has 2 rings (SSSR count). The third kappa shape index (κ3) is 10.4. The van der Waals surface area contributed by atoms with E-state index >= 15 is 0 Å². The number of nitrogens with one attached hydrogen (secondary N) is 4. The Morgan fingerprint density at radius 2 is 1.45 bits per heavy atom. The van der Waals surface area contributed by atoms with Crippen LogP contribution in [0.1, 0.15) is 31.2 Å². The van der Waals surface area contributed by atoms with Gasteiger partial charge < -0.3 is 36.9 Å². The largest absolute Gasteiger partial charge is 0.481 e. The normalized spacial score (nSPS) is 14.1. The Balaban J connectivity index is 2.30. The zero-order valence-corrected chi connectivity index (χ0v) is 24.1. The topological polar surface area (TPSA) is 204 Å². The molecule has 220 valence electrons. The number of carbonyl (C=O) groups excluding carboxylic acids is 3. The number of aromatic nitrogens is 1. The SMILES string of the molecule is CSCCC(N)C(=O)NC(CCC(=O)O)C(=O)NC(Cc1c[nH]c2ccccc12)C(=O)NC(CCSC)C(=O)O. The highest BCUT2D eigenvalue weighted by molar-refractivity contribution is 7.98. The number of rotatable bonds is 18. The molecule has 0 saturated heterocycles. The lowest BCUT2D eigenvalue weighted by atomic mass is 10.0. The first kappa shape index (κ1) is 33.0. The van der Waals surface area contributed by atoms with Gasteiger partial charge in [0.05, 0.1) is 6.04 Å². The smallest absolute Gasteiger partial charge is 0.326 e. The number of carboxylic acid groups (broad SMARTS) is 2. The van der Waals surface area contributed by atoms with Crippen LogP contribution in [-0.2, 0) is 30.4 Å². The number of fused-ring (bicyclic) bond motifs is 1. The molecule has 4 unspecified atom stereocenters. The molecule has 1 aromatic heterocycles. The van der Waals surface area contributed by atoms with Crippen molar-refractivity contribution in [2.45, 2.75) is 56.3 Å². The summed E-state index contributed by atoms with van der Waals surface area (Å²) in [6.07, 6.45) is 5.31. The molecule has 0 radical (unpaired) electrons. The van der Waals surface area contributed by atoms with Crippen LogP contribution in [0, 0.1) is 0 Å². The van der Waals surface area contributed by atoms with Gasteiger partial charge in [0.1, 0.15) is 18.1 Å². The summed E-state index contributed by atoms with van der Waals surface area (Å²) < 4.78 is 0. The van der Waals surface area contributed by atoms with Crippen molar-refractivity contribution in [2.24, 2.45) is 5.73 Å². The van der Waals surface area contributed by atoms with Crippen molar-refractivity contribution in [1.82, 2.24) is 20.9 Å². The molecule has 0 aliphatic rings. The third-order valence-electron chi connectivity index (χ3n) is 6.21. The molecule has 1 heterocycles. The quantitative estimate of drug-likeness (QED) is 0.130. The Labute approximate surface area is 241 Å². The average Bonchev–Trinajstić information content (AvgIpc) is 3.33. The Bertz CT molecular complexity index is 1180. The van der Waals surface area contributed by atoms with E-state index in [4.69, 9.17) is 5.73 Å². The van der Waals surface area contributed by atoms with E-state index in [1.54, 1.807) is 6.20 Å². The lowest BCUT2D eigenvalue weighted by Crippen LogP contribution is -2.57. The Kier molecular flexibility index (Phi) is 13.8. The molecular weight excluding hydrogens is 558 g/mol. The van der Waals surface area contributed by atoms with E-state index in [-0.39, 0.29) is 19.3 Å². The third-order valence-corrected chi connectivity index (χ3v) is 7.49. The lowest BCUT2D eigenvalue weighted by molar-refractivity contribution is -0.142. The number of nitrogens with two attached hydrogens (primary N) is 1. The van der Waals surface area contributed by atoms with Crippen LogP contribution in [0.2, 0.25) is 0 Å². The van der Waals surface area contributed by atoms with E-state index < -0.39 is 60.2 Å². The Morgan fingerprint density at radius 1 is 0.850 bits per heavy atom. The number of aromatic amines is 1. The van der Waals surface area contributed by atoms with Crippen LogP contribution in [-0.4, -0.2) is 93.0 Å². The highest BCUT2D eigenvalue weighted by Crippen LogP contribution is 2.19. The highest BCUT2D eigenvalue weighted by atomic mass is 32.2. The summed E-state index contributed by atoms with van der Waals surface area (Å²) in [5.41, 5.74) is 7.45. The van der Waals surface area contributed by atoms with Crippen LogP contribution >= 0.6 is 23.5 Å². The second-order valence-corrected chi connectivity index (χ2v) is 11.2. The molecule has 0 fully saturated rings. The van der Waals surface area contributed by atoms with Crippen molar-refractivity contribution < 1.29 is 34.2 Å². The van der Waals surface area contributed by atoms with Crippen molar-refractivity contribution in [3.63, 3.8) is 0 Å². The number of carboxylic acids is 2. The van der Waals surface area contributed by atoms with E-state index in [1.807, 2.05) is 36.8 Å². The minimum Gasteiger partial charge on any atom is -0.481 e. The number of para-hydroxylation sites is 1. The van der Waals surface area contributed by atoms with Gasteiger partial charge in [0, 0.05) is 29.9 Å². The summed E-state index contributed by atoms with van der Waals surface area (Å²) >= 11 is 2.94. The molecule has 40 heavy (non-hydrogen) atoms. The predicted octanol–water partition coefficient (Wildman–Crippen LogP) is 0.948. The molecular formula is C26H37N5O7S2. The number of thioether (sulfide) groups is 2. The van der Waals surface area contributed by atoms with Crippen molar-refractivity contribution in [1.29, 1.82) is 0 Å². The number of amides is 3. The summed E-state index contributed by atoms with van der Waals surface area (Å²) in [6.45, 7) is 0. The van der Waals surface area contributed by atoms with Crippen molar-refractivity contribution in [2.75, 3.05) is 24.0 Å². The van der Waals surface area contributed by atoms with Crippen molar-refractivity contribution in [3.8, 4) is 0 Å². The van der Waals surface area contributed by atoms with Crippen molar-refractivity contribution in [3.05, 3.63) is 36.0 Å². The zero-order valence-electron chi connectivity index (χ0n) is 22.5. The molecule has 8 N–H and O–H groups in total. The Hall–Kier alpha value is -3.23. The van der Waals surface area contributed by atoms with Gasteiger partial charge in [0.25, 0.3) is 0 Å². The maximum atomic E-state index is 13.4. The molecule has 0 spiro atoms. The van der Waals surface area contributed by atoms with Gasteiger partial charge in [-0.05, 0) is 54.9 Å². The minimum absolute atomic E-state index is 0.0172. The van der Waals surface area contributed by atoms with Gasteiger partial charge >= 0.3 is 11.9 Å². The summed E-state index contributed by atoms with van der Waals surface area (Å²) in [4.78, 5) is 65.4. The van der Waals surface area contributed by atoms with Gasteiger partial charge in [-0.3, -0.25) is 19.2 Å². The van der Waals surface area contributed by atoms with E-state index in [9.17, 15) is 34.2 Å². The molecule has 2 aromatic rings. The molecule has 0 aliphatic heterocycles. The fourth-order valence-electron chi connectivity index (χ4n) is 3.96. The fraction of sp³-hybridized carbons (Fsp3) is 0.500. The summed E-state index contributed by atoms with van der Waals surface area (Å²) in [6, 6.07) is 2.83. The maximum Gasteiger partial charge on any atom is 0.326 e. The van der Waals surface area contributed by atoms with Crippen LogP contribution in [0.3, 0.4) is 0 Å². The number of aliphatic carboxylic acids is 2. The van der Waals surface area contributed by atoms with Gasteiger partial charge in [-0.2, -0.15) is 23.5 Å². The van der Waals surface area contributed by atoms with Crippen LogP contribution in [0.25, 0.3) is 10.9 Å². The molecule has 1 aromatic carbocycles. The first-order valence-corrected chi connectivity index (χ1v) is 15.5. The number of benzene rings is 1. The van der Waals surface area contributed by atoms with Gasteiger partial charge in [0.15, 0.2) is 0 Å². The average molecular weight is 596 g/mol. The highest BCUT2D eigenvalue weighted by Gasteiger charge is 2.31. The Morgan fingerprint density at radius 3 is 2.10 bits per heavy atom. The standard InChI is InChI=1S/C26H37N5O7S2/c1-39-11-9-17(27)23(34)29-19(7-8-22(32)33)24(35)31-21(25(36)30-20(26(37)38)10-12-40-2)13-15-14-28-18-6-4-3-5-16(15)18/h3-6,14,17,19-21,28H,7-13,27H2,1-2H3,(H,29,34)(H,30,36)(H,31,35)(H,32,33)(H,37,38). The number of carbonyl (C=O) groups is 5. The van der Waals surface area contributed by atoms with Gasteiger partial charge in [0.2, 0.25) is 17.7 Å². The summed E-state index contributed by atoms with van der Waals surface area (Å²) in [7, 11) is 0. The number of hydrogen-bond donors (Lipinski definition) is 7. The minimum atomic E-state index is -1.27. The molecule has 0 bridgehead atoms. The van der Waals surface area contributed by atoms with Gasteiger partial charge in [-0.25, -0.2) is 4.79 Å². The lowest BCUT2D eigenvalue weighted by Gasteiger charge is -2.25. The maximum absolute atomic E-state index is 13.4.